The molecule has 0 bridgehead atoms. The Morgan fingerprint density at radius 2 is 1.95 bits per heavy atom. The van der Waals surface area contributed by atoms with Gasteiger partial charge in [-0.15, -0.1) is 0 Å². The molecule has 3 rings (SSSR count). The van der Waals surface area contributed by atoms with E-state index in [0.29, 0.717) is 11.2 Å². The van der Waals surface area contributed by atoms with Crippen LogP contribution in [-0.4, -0.2) is 18.6 Å². The fraction of sp³-hybridized carbons (Fsp3) is 0. The number of aromatic nitrogens is 2. The smallest absolute Gasteiger partial charge is 0.264 e. The largest absolute Gasteiger partial charge is 0.279 e. The molecule has 0 saturated heterocycles. The van der Waals surface area contributed by atoms with Crippen LogP contribution in [0.4, 0.5) is 10.1 Å². The summed E-state index contributed by atoms with van der Waals surface area (Å²) in [5, 5.41) is 7.45. The number of halogens is 1. The van der Waals surface area contributed by atoms with Crippen LogP contribution in [0.3, 0.4) is 0 Å². The summed E-state index contributed by atoms with van der Waals surface area (Å²) in [5.74, 6) is -0.789. The van der Waals surface area contributed by atoms with Crippen LogP contribution < -0.4 is 4.72 Å². The predicted molar refractivity (Wildman–Crippen MR) is 73.3 cm³/mol. The molecule has 5 nitrogen and oxygen atoms in total. The van der Waals surface area contributed by atoms with Crippen LogP contribution in [0.15, 0.2) is 53.6 Å². The summed E-state index contributed by atoms with van der Waals surface area (Å²) in [6.07, 6.45) is 1.63. The Hall–Kier alpha value is -2.41. The van der Waals surface area contributed by atoms with Gasteiger partial charge in [-0.05, 0) is 30.3 Å². The minimum Gasteiger partial charge on any atom is -0.279 e. The van der Waals surface area contributed by atoms with Crippen LogP contribution >= 0.6 is 0 Å². The van der Waals surface area contributed by atoms with E-state index in [1.54, 1.807) is 24.4 Å². The standard InChI is InChI=1S/C13H10FN3O2S/c14-11-3-1-2-4-13(11)20(18,19)17-10-6-5-9-8-15-16-12(9)7-10/h1-8,17H,(H,15,16). The van der Waals surface area contributed by atoms with Gasteiger partial charge in [0.25, 0.3) is 10.0 Å². The lowest BCUT2D eigenvalue weighted by Gasteiger charge is -2.08. The molecule has 0 saturated carbocycles. The summed E-state index contributed by atoms with van der Waals surface area (Å²) < 4.78 is 40.1. The number of hydrogen-bond donors (Lipinski definition) is 2. The van der Waals surface area contributed by atoms with E-state index in [2.05, 4.69) is 14.9 Å². The summed E-state index contributed by atoms with van der Waals surface area (Å²) in [6.45, 7) is 0. The molecule has 0 aliphatic heterocycles. The lowest BCUT2D eigenvalue weighted by atomic mass is 10.2. The number of aromatic amines is 1. The molecule has 1 heterocycles. The second kappa shape index (κ2) is 4.61. The number of nitrogens with one attached hydrogen (secondary N) is 2. The molecule has 7 heteroatoms. The number of H-pyrrole nitrogens is 1. The van der Waals surface area contributed by atoms with Gasteiger partial charge in [0, 0.05) is 5.39 Å². The van der Waals surface area contributed by atoms with Crippen molar-refractivity contribution in [3.63, 3.8) is 0 Å². The van der Waals surface area contributed by atoms with Crippen molar-refractivity contribution < 1.29 is 12.8 Å². The van der Waals surface area contributed by atoms with Gasteiger partial charge >= 0.3 is 0 Å². The molecule has 1 aromatic heterocycles. The van der Waals surface area contributed by atoms with Gasteiger partial charge in [0.2, 0.25) is 0 Å². The maximum Gasteiger partial charge on any atom is 0.264 e. The normalized spacial score (nSPS) is 11.7. The zero-order chi connectivity index (χ0) is 14.2. The third-order valence-corrected chi connectivity index (χ3v) is 4.23. The molecule has 102 valence electrons. The summed E-state index contributed by atoms with van der Waals surface area (Å²) >= 11 is 0. The van der Waals surface area contributed by atoms with E-state index >= 15 is 0 Å². The number of anilines is 1. The van der Waals surface area contributed by atoms with Gasteiger partial charge in [-0.25, -0.2) is 12.8 Å². The van der Waals surface area contributed by atoms with Crippen LogP contribution in [0.25, 0.3) is 10.9 Å². The second-order valence-corrected chi connectivity index (χ2v) is 5.86. The third kappa shape index (κ3) is 2.23. The molecule has 0 unspecified atom stereocenters. The van der Waals surface area contributed by atoms with Gasteiger partial charge in [-0.3, -0.25) is 9.82 Å². The number of fused-ring (bicyclic) bond motifs is 1. The lowest BCUT2D eigenvalue weighted by Crippen LogP contribution is -2.14. The van der Waals surface area contributed by atoms with Gasteiger partial charge in [0.1, 0.15) is 10.7 Å². The van der Waals surface area contributed by atoms with E-state index in [0.717, 1.165) is 11.5 Å². The third-order valence-electron chi connectivity index (χ3n) is 2.82. The Morgan fingerprint density at radius 3 is 2.75 bits per heavy atom. The average Bonchev–Trinajstić information content (AvgIpc) is 2.86. The lowest BCUT2D eigenvalue weighted by molar-refractivity contribution is 0.570. The molecule has 0 atom stereocenters. The Labute approximate surface area is 114 Å². The fourth-order valence-corrected chi connectivity index (χ4v) is 3.00. The SMILES string of the molecule is O=S(=O)(Nc1ccc2cn[nH]c2c1)c1ccccc1F. The Kier molecular flexibility index (Phi) is 2.90. The molecule has 0 aliphatic carbocycles. The van der Waals surface area contributed by atoms with E-state index in [9.17, 15) is 12.8 Å². The topological polar surface area (TPSA) is 74.8 Å². The number of hydrogen-bond acceptors (Lipinski definition) is 3. The number of benzene rings is 2. The molecule has 0 amide bonds. The van der Waals surface area contributed by atoms with Gasteiger partial charge in [-0.2, -0.15) is 5.10 Å². The molecule has 0 aliphatic rings. The molecule has 2 N–H and O–H groups in total. The number of rotatable bonds is 3. The van der Waals surface area contributed by atoms with Crippen molar-refractivity contribution in [1.29, 1.82) is 0 Å². The molecule has 3 aromatic rings. The van der Waals surface area contributed by atoms with E-state index < -0.39 is 15.8 Å². The van der Waals surface area contributed by atoms with Crippen LogP contribution in [0.1, 0.15) is 0 Å². The highest BCUT2D eigenvalue weighted by molar-refractivity contribution is 7.92. The Bertz CT molecular complexity index is 874. The summed E-state index contributed by atoms with van der Waals surface area (Å²) in [4.78, 5) is -0.385. The Morgan fingerprint density at radius 1 is 1.15 bits per heavy atom. The minimum absolute atomic E-state index is 0.338. The van der Waals surface area contributed by atoms with Crippen molar-refractivity contribution in [2.75, 3.05) is 4.72 Å². The molecular formula is C13H10FN3O2S. The molecule has 20 heavy (non-hydrogen) atoms. The highest BCUT2D eigenvalue weighted by Gasteiger charge is 2.18. The van der Waals surface area contributed by atoms with Crippen LogP contribution in [0.2, 0.25) is 0 Å². The molecule has 0 radical (unpaired) electrons. The van der Waals surface area contributed by atoms with Crippen molar-refractivity contribution in [2.45, 2.75) is 4.90 Å². The first kappa shape index (κ1) is 12.6. The molecule has 2 aromatic carbocycles. The zero-order valence-electron chi connectivity index (χ0n) is 10.2. The van der Waals surface area contributed by atoms with E-state index in [-0.39, 0.29) is 4.90 Å². The maximum absolute atomic E-state index is 13.6. The average molecular weight is 291 g/mol. The number of nitrogens with zero attached hydrogens (tertiary/aromatic N) is 1. The molecule has 0 spiro atoms. The summed E-state index contributed by atoms with van der Waals surface area (Å²) in [5.41, 5.74) is 1.03. The molecular weight excluding hydrogens is 281 g/mol. The van der Waals surface area contributed by atoms with Crippen LogP contribution in [-0.2, 0) is 10.0 Å². The molecule has 0 fully saturated rings. The van der Waals surface area contributed by atoms with Crippen molar-refractivity contribution in [1.82, 2.24) is 10.2 Å². The fourth-order valence-electron chi connectivity index (χ4n) is 1.87. The maximum atomic E-state index is 13.6. The summed E-state index contributed by atoms with van der Waals surface area (Å²) in [7, 11) is -3.96. The minimum atomic E-state index is -3.96. The van der Waals surface area contributed by atoms with Crippen LogP contribution in [0, 0.1) is 5.82 Å². The quantitative estimate of drug-likeness (QED) is 0.778. The summed E-state index contributed by atoms with van der Waals surface area (Å²) in [6, 6.07) is 10.1. The van der Waals surface area contributed by atoms with E-state index in [1.807, 2.05) is 0 Å². The van der Waals surface area contributed by atoms with Crippen molar-refractivity contribution in [2.24, 2.45) is 0 Å². The highest BCUT2D eigenvalue weighted by atomic mass is 32.2. The van der Waals surface area contributed by atoms with Crippen molar-refractivity contribution in [3.8, 4) is 0 Å². The van der Waals surface area contributed by atoms with Crippen LogP contribution in [0.5, 0.6) is 0 Å². The van der Waals surface area contributed by atoms with Gasteiger partial charge < -0.3 is 0 Å². The van der Waals surface area contributed by atoms with Crippen molar-refractivity contribution in [3.05, 3.63) is 54.5 Å². The monoisotopic (exact) mass is 291 g/mol. The van der Waals surface area contributed by atoms with Crippen molar-refractivity contribution >= 4 is 26.6 Å². The van der Waals surface area contributed by atoms with Gasteiger partial charge in [0.15, 0.2) is 0 Å². The predicted octanol–water partition coefficient (Wildman–Crippen LogP) is 2.50. The first-order valence-electron chi connectivity index (χ1n) is 5.77. The second-order valence-electron chi connectivity index (χ2n) is 4.21. The van der Waals surface area contributed by atoms with E-state index in [4.69, 9.17) is 0 Å². The number of sulfonamides is 1. The van der Waals surface area contributed by atoms with Gasteiger partial charge in [0.05, 0.1) is 17.4 Å². The highest BCUT2D eigenvalue weighted by Crippen LogP contribution is 2.21. The first-order valence-corrected chi connectivity index (χ1v) is 7.25. The zero-order valence-corrected chi connectivity index (χ0v) is 11.0. The van der Waals surface area contributed by atoms with E-state index in [1.165, 1.54) is 18.2 Å². The Balaban J connectivity index is 1.99. The van der Waals surface area contributed by atoms with Gasteiger partial charge in [-0.1, -0.05) is 12.1 Å². The first-order chi connectivity index (χ1) is 9.56.